The Morgan fingerprint density at radius 2 is 2.25 bits per heavy atom. The van der Waals surface area contributed by atoms with Gasteiger partial charge in [0.15, 0.2) is 5.13 Å². The number of carbonyl (C=O) groups excluding carboxylic acids is 1. The van der Waals surface area contributed by atoms with Crippen molar-refractivity contribution in [3.8, 4) is 0 Å². The fraction of sp³-hybridized carbons (Fsp3) is 0.733. The molecule has 0 bridgehead atoms. The van der Waals surface area contributed by atoms with Crippen LogP contribution in [0.25, 0.3) is 0 Å². The summed E-state index contributed by atoms with van der Waals surface area (Å²) in [6.07, 6.45) is 6.93. The Balaban J connectivity index is 1.76. The molecule has 5 heteroatoms. The Morgan fingerprint density at radius 3 is 2.95 bits per heavy atom. The van der Waals surface area contributed by atoms with E-state index in [0.29, 0.717) is 6.42 Å². The van der Waals surface area contributed by atoms with Crippen molar-refractivity contribution in [2.24, 2.45) is 5.92 Å². The minimum absolute atomic E-state index is 0.105. The van der Waals surface area contributed by atoms with Crippen LogP contribution in [0.5, 0.6) is 0 Å². The highest BCUT2D eigenvalue weighted by Gasteiger charge is 2.17. The van der Waals surface area contributed by atoms with Crippen LogP contribution in [0.1, 0.15) is 64.1 Å². The first-order chi connectivity index (χ1) is 9.69. The third kappa shape index (κ3) is 4.56. The number of nitrogens with zero attached hydrogens (tertiary/aromatic N) is 1. The fourth-order valence-corrected chi connectivity index (χ4v) is 3.59. The Bertz CT molecular complexity index is 427. The number of nitrogens with one attached hydrogen (secondary N) is 2. The molecule has 1 aromatic heterocycles. The van der Waals surface area contributed by atoms with Crippen molar-refractivity contribution >= 4 is 22.4 Å². The molecule has 1 amide bonds. The molecule has 0 radical (unpaired) electrons. The number of rotatable bonds is 7. The molecular weight excluding hydrogens is 270 g/mol. The van der Waals surface area contributed by atoms with E-state index >= 15 is 0 Å². The predicted octanol–water partition coefficient (Wildman–Crippen LogP) is 3.72. The van der Waals surface area contributed by atoms with E-state index in [1.807, 2.05) is 5.38 Å². The first kappa shape index (κ1) is 15.4. The summed E-state index contributed by atoms with van der Waals surface area (Å²) in [5.74, 6) is 0.871. The van der Waals surface area contributed by atoms with Gasteiger partial charge >= 0.3 is 0 Å². The number of aromatic nitrogens is 1. The molecule has 0 aliphatic heterocycles. The summed E-state index contributed by atoms with van der Waals surface area (Å²) < 4.78 is 0. The zero-order chi connectivity index (χ0) is 14.4. The highest BCUT2D eigenvalue weighted by Crippen LogP contribution is 2.28. The number of anilines is 1. The third-order valence-electron chi connectivity index (χ3n) is 3.98. The Morgan fingerprint density at radius 1 is 1.50 bits per heavy atom. The smallest absolute Gasteiger partial charge is 0.226 e. The zero-order valence-electron chi connectivity index (χ0n) is 12.4. The van der Waals surface area contributed by atoms with Gasteiger partial charge in [-0.25, -0.2) is 4.98 Å². The highest BCUT2D eigenvalue weighted by molar-refractivity contribution is 7.13. The summed E-state index contributed by atoms with van der Waals surface area (Å²) in [6, 6.07) is 0.236. The molecule has 0 aromatic carbocycles. The molecule has 1 aromatic rings. The van der Waals surface area contributed by atoms with E-state index in [9.17, 15) is 4.79 Å². The molecule has 1 fully saturated rings. The molecule has 112 valence electrons. The fourth-order valence-electron chi connectivity index (χ4n) is 2.77. The first-order valence-electron chi connectivity index (χ1n) is 7.67. The van der Waals surface area contributed by atoms with Gasteiger partial charge in [-0.3, -0.25) is 4.79 Å². The van der Waals surface area contributed by atoms with Crippen LogP contribution in [0.2, 0.25) is 0 Å². The van der Waals surface area contributed by atoms with Gasteiger partial charge in [-0.05, 0) is 25.8 Å². The van der Waals surface area contributed by atoms with E-state index in [-0.39, 0.29) is 11.9 Å². The lowest BCUT2D eigenvalue weighted by Crippen LogP contribution is -2.18. The lowest BCUT2D eigenvalue weighted by atomic mass is 10.0. The van der Waals surface area contributed by atoms with Gasteiger partial charge in [-0.2, -0.15) is 0 Å². The van der Waals surface area contributed by atoms with Crippen molar-refractivity contribution in [3.05, 3.63) is 11.1 Å². The molecule has 1 aliphatic carbocycles. The molecule has 2 N–H and O–H groups in total. The summed E-state index contributed by atoms with van der Waals surface area (Å²) in [4.78, 5) is 16.4. The molecule has 1 heterocycles. The van der Waals surface area contributed by atoms with Gasteiger partial charge < -0.3 is 10.6 Å². The summed E-state index contributed by atoms with van der Waals surface area (Å²) in [6.45, 7) is 5.08. The minimum atomic E-state index is 0.105. The lowest BCUT2D eigenvalue weighted by Gasteiger charge is -2.09. The molecule has 1 atom stereocenters. The quantitative estimate of drug-likeness (QED) is 0.806. The number of hydrogen-bond acceptors (Lipinski definition) is 4. The molecule has 1 aliphatic rings. The largest absolute Gasteiger partial charge is 0.309 e. The van der Waals surface area contributed by atoms with Gasteiger partial charge in [-0.15, -0.1) is 11.3 Å². The highest BCUT2D eigenvalue weighted by atomic mass is 32.1. The molecule has 20 heavy (non-hydrogen) atoms. The predicted molar refractivity (Wildman–Crippen MR) is 84.0 cm³/mol. The standard InChI is InChI=1S/C15H25N3OS/c1-3-16-11(2)13-10-20-15(17-13)18-14(19)9-8-12-6-4-5-7-12/h10-12,16H,3-9H2,1-2H3,(H,17,18,19). The van der Waals surface area contributed by atoms with Crippen LogP contribution in [0.15, 0.2) is 5.38 Å². The maximum Gasteiger partial charge on any atom is 0.226 e. The molecule has 4 nitrogen and oxygen atoms in total. The normalized spacial score (nSPS) is 17.3. The molecule has 0 spiro atoms. The zero-order valence-corrected chi connectivity index (χ0v) is 13.3. The van der Waals surface area contributed by atoms with E-state index in [1.54, 1.807) is 0 Å². The molecule has 2 rings (SSSR count). The number of thiazole rings is 1. The van der Waals surface area contributed by atoms with Crippen LogP contribution in [0.4, 0.5) is 5.13 Å². The lowest BCUT2D eigenvalue weighted by molar-refractivity contribution is -0.116. The van der Waals surface area contributed by atoms with E-state index < -0.39 is 0 Å². The van der Waals surface area contributed by atoms with E-state index in [1.165, 1.54) is 37.0 Å². The van der Waals surface area contributed by atoms with E-state index in [2.05, 4.69) is 29.5 Å². The van der Waals surface area contributed by atoms with Crippen LogP contribution in [-0.2, 0) is 4.79 Å². The average molecular weight is 295 g/mol. The van der Waals surface area contributed by atoms with Gasteiger partial charge in [0.05, 0.1) is 5.69 Å². The summed E-state index contributed by atoms with van der Waals surface area (Å²) in [7, 11) is 0. The number of amides is 1. The van der Waals surface area contributed by atoms with Crippen molar-refractivity contribution in [1.29, 1.82) is 0 Å². The van der Waals surface area contributed by atoms with E-state index in [0.717, 1.165) is 29.7 Å². The topological polar surface area (TPSA) is 54.0 Å². The first-order valence-corrected chi connectivity index (χ1v) is 8.55. The van der Waals surface area contributed by atoms with Gasteiger partial charge in [0.2, 0.25) is 5.91 Å². The van der Waals surface area contributed by atoms with Crippen LogP contribution in [0, 0.1) is 5.92 Å². The Kier molecular flexibility index (Phi) is 5.98. The second kappa shape index (κ2) is 7.74. The maximum absolute atomic E-state index is 11.9. The van der Waals surface area contributed by atoms with Gasteiger partial charge in [0, 0.05) is 17.8 Å². The molecule has 1 unspecified atom stereocenters. The Hall–Kier alpha value is -0.940. The second-order valence-electron chi connectivity index (χ2n) is 5.59. The third-order valence-corrected chi connectivity index (χ3v) is 4.75. The van der Waals surface area contributed by atoms with Crippen LogP contribution >= 0.6 is 11.3 Å². The van der Waals surface area contributed by atoms with Crippen molar-refractivity contribution in [2.45, 2.75) is 58.4 Å². The van der Waals surface area contributed by atoms with Gasteiger partial charge in [-0.1, -0.05) is 32.6 Å². The Labute approximate surface area is 125 Å². The summed E-state index contributed by atoms with van der Waals surface area (Å²) in [5.41, 5.74) is 1.00. The molecular formula is C15H25N3OS. The van der Waals surface area contributed by atoms with Crippen LogP contribution < -0.4 is 10.6 Å². The van der Waals surface area contributed by atoms with Crippen molar-refractivity contribution in [1.82, 2.24) is 10.3 Å². The van der Waals surface area contributed by atoms with Gasteiger partial charge in [0.25, 0.3) is 0 Å². The molecule has 0 saturated heterocycles. The van der Waals surface area contributed by atoms with Crippen molar-refractivity contribution < 1.29 is 4.79 Å². The van der Waals surface area contributed by atoms with Crippen LogP contribution in [0.3, 0.4) is 0 Å². The number of hydrogen-bond donors (Lipinski definition) is 2. The number of carbonyl (C=O) groups is 1. The van der Waals surface area contributed by atoms with Crippen molar-refractivity contribution in [2.75, 3.05) is 11.9 Å². The monoisotopic (exact) mass is 295 g/mol. The summed E-state index contributed by atoms with van der Waals surface area (Å²) >= 11 is 1.51. The average Bonchev–Trinajstić information content (AvgIpc) is 3.07. The summed E-state index contributed by atoms with van der Waals surface area (Å²) in [5, 5.41) is 8.98. The van der Waals surface area contributed by atoms with Crippen LogP contribution in [-0.4, -0.2) is 17.4 Å². The minimum Gasteiger partial charge on any atom is -0.309 e. The van der Waals surface area contributed by atoms with Gasteiger partial charge in [0.1, 0.15) is 0 Å². The van der Waals surface area contributed by atoms with E-state index in [4.69, 9.17) is 0 Å². The maximum atomic E-state index is 11.9. The van der Waals surface area contributed by atoms with Crippen molar-refractivity contribution in [3.63, 3.8) is 0 Å². The SMILES string of the molecule is CCNC(C)c1csc(NC(=O)CCC2CCCC2)n1. The molecule has 1 saturated carbocycles. The second-order valence-corrected chi connectivity index (χ2v) is 6.45.